The maximum atomic E-state index is 13.2. The molecule has 1 aliphatic heterocycles. The molecule has 0 aromatic rings. The molecule has 2 fully saturated rings. The minimum atomic E-state index is -0.00102. The fourth-order valence-corrected chi connectivity index (χ4v) is 4.59. The zero-order valence-corrected chi connectivity index (χ0v) is 17.4. The average molecular weight is 354 g/mol. The summed E-state index contributed by atoms with van der Waals surface area (Å²) in [6, 6.07) is 0.219. The minimum absolute atomic E-state index is 0.00102. The third-order valence-corrected chi connectivity index (χ3v) is 6.94. The van der Waals surface area contributed by atoms with Gasteiger partial charge < -0.3 is 14.4 Å². The highest BCUT2D eigenvalue weighted by atomic mass is 16.5. The number of nitrogens with zero attached hydrogens (tertiary/aromatic N) is 1. The number of carbonyl (C=O) groups is 1. The van der Waals surface area contributed by atoms with Gasteiger partial charge in [-0.3, -0.25) is 4.79 Å². The van der Waals surface area contributed by atoms with Crippen LogP contribution in [0.4, 0.5) is 0 Å². The molecule has 0 aromatic carbocycles. The Balaban J connectivity index is 2.09. The number of carbonyl (C=O) groups excluding carboxylic acids is 1. The Morgan fingerprint density at radius 2 is 1.80 bits per heavy atom. The second-order valence-corrected chi connectivity index (χ2v) is 8.96. The Kier molecular flexibility index (Phi) is 6.94. The van der Waals surface area contributed by atoms with Crippen molar-refractivity contribution >= 4 is 5.91 Å². The normalized spacial score (nSPS) is 26.7. The first kappa shape index (κ1) is 20.7. The number of amides is 1. The molecule has 1 amide bonds. The number of rotatable bonds is 9. The minimum Gasteiger partial charge on any atom is -0.381 e. The third-order valence-electron chi connectivity index (χ3n) is 6.94. The molecule has 4 heteroatoms. The third kappa shape index (κ3) is 4.57. The van der Waals surface area contributed by atoms with Crippen LogP contribution in [0, 0.1) is 23.2 Å². The second-order valence-electron chi connectivity index (χ2n) is 8.96. The maximum Gasteiger partial charge on any atom is 0.225 e. The van der Waals surface area contributed by atoms with Gasteiger partial charge in [-0.25, -0.2) is 0 Å². The van der Waals surface area contributed by atoms with Crippen molar-refractivity contribution in [2.45, 2.75) is 85.0 Å². The van der Waals surface area contributed by atoms with E-state index in [-0.39, 0.29) is 24.2 Å². The van der Waals surface area contributed by atoms with E-state index in [9.17, 15) is 4.79 Å². The Hall–Kier alpha value is -0.610. The predicted molar refractivity (Wildman–Crippen MR) is 101 cm³/mol. The van der Waals surface area contributed by atoms with Crippen LogP contribution >= 0.6 is 0 Å². The highest BCUT2D eigenvalue weighted by molar-refractivity contribution is 5.77. The van der Waals surface area contributed by atoms with Crippen molar-refractivity contribution in [2.24, 2.45) is 23.2 Å². The fourth-order valence-electron chi connectivity index (χ4n) is 4.59. The molecule has 2 rings (SSSR count). The first-order chi connectivity index (χ1) is 11.8. The predicted octanol–water partition coefficient (Wildman–Crippen LogP) is 4.13. The maximum absolute atomic E-state index is 13.2. The highest BCUT2D eigenvalue weighted by Crippen LogP contribution is 2.56. The molecule has 1 saturated heterocycles. The summed E-state index contributed by atoms with van der Waals surface area (Å²) >= 11 is 0. The van der Waals surface area contributed by atoms with Crippen LogP contribution in [0.2, 0.25) is 0 Å². The lowest BCUT2D eigenvalue weighted by atomic mass is 9.87. The second kappa shape index (κ2) is 8.39. The molecular weight excluding hydrogens is 314 g/mol. The number of ether oxygens (including phenoxy) is 2. The van der Waals surface area contributed by atoms with Crippen molar-refractivity contribution in [3.05, 3.63) is 0 Å². The van der Waals surface area contributed by atoms with Crippen LogP contribution < -0.4 is 0 Å². The van der Waals surface area contributed by atoms with E-state index in [4.69, 9.17) is 9.47 Å². The van der Waals surface area contributed by atoms with Gasteiger partial charge in [-0.1, -0.05) is 41.0 Å². The molecule has 5 atom stereocenters. The molecule has 146 valence electrons. The van der Waals surface area contributed by atoms with Gasteiger partial charge >= 0.3 is 0 Å². The Morgan fingerprint density at radius 1 is 1.16 bits per heavy atom. The first-order valence-corrected chi connectivity index (χ1v) is 10.1. The topological polar surface area (TPSA) is 38.8 Å². The monoisotopic (exact) mass is 353 g/mol. The van der Waals surface area contributed by atoms with Crippen LogP contribution in [0.15, 0.2) is 0 Å². The van der Waals surface area contributed by atoms with Gasteiger partial charge in [-0.05, 0) is 42.4 Å². The Morgan fingerprint density at radius 3 is 2.24 bits per heavy atom. The van der Waals surface area contributed by atoms with Crippen molar-refractivity contribution in [3.8, 4) is 0 Å². The van der Waals surface area contributed by atoms with E-state index in [0.29, 0.717) is 29.6 Å². The zero-order valence-electron chi connectivity index (χ0n) is 17.4. The van der Waals surface area contributed by atoms with E-state index >= 15 is 0 Å². The smallest absolute Gasteiger partial charge is 0.225 e. The van der Waals surface area contributed by atoms with Gasteiger partial charge in [0.25, 0.3) is 0 Å². The number of methoxy groups -OCH3 is 2. The summed E-state index contributed by atoms with van der Waals surface area (Å²) in [5, 5.41) is 0. The van der Waals surface area contributed by atoms with Crippen molar-refractivity contribution in [1.29, 1.82) is 0 Å². The van der Waals surface area contributed by atoms with Crippen molar-refractivity contribution in [2.75, 3.05) is 20.8 Å². The van der Waals surface area contributed by atoms with Gasteiger partial charge in [0, 0.05) is 20.8 Å². The molecule has 1 aliphatic carbocycles. The van der Waals surface area contributed by atoms with Crippen LogP contribution in [0.25, 0.3) is 0 Å². The fraction of sp³-hybridized carbons (Fsp3) is 0.952. The molecular formula is C21H39NO3. The van der Waals surface area contributed by atoms with Crippen LogP contribution in [0.3, 0.4) is 0 Å². The molecule has 0 bridgehead atoms. The molecule has 1 spiro atoms. The van der Waals surface area contributed by atoms with Gasteiger partial charge in [-0.15, -0.1) is 0 Å². The molecule has 25 heavy (non-hydrogen) atoms. The summed E-state index contributed by atoms with van der Waals surface area (Å²) in [5.74, 6) is 1.61. The van der Waals surface area contributed by atoms with Crippen LogP contribution in [-0.4, -0.2) is 49.8 Å². The number of hydrogen-bond acceptors (Lipinski definition) is 3. The Labute approximate surface area is 154 Å². The first-order valence-electron chi connectivity index (χ1n) is 10.1. The van der Waals surface area contributed by atoms with Gasteiger partial charge in [0.15, 0.2) is 0 Å². The summed E-state index contributed by atoms with van der Waals surface area (Å²) < 4.78 is 11.5. The van der Waals surface area contributed by atoms with Gasteiger partial charge in [-0.2, -0.15) is 0 Å². The zero-order chi connectivity index (χ0) is 18.8. The molecule has 0 radical (unpaired) electrons. The molecule has 0 N–H and O–H groups in total. The van der Waals surface area contributed by atoms with E-state index in [1.165, 1.54) is 12.8 Å². The number of hydrogen-bond donors (Lipinski definition) is 0. The summed E-state index contributed by atoms with van der Waals surface area (Å²) in [5.41, 5.74) is 0.386. The van der Waals surface area contributed by atoms with Crippen molar-refractivity contribution in [1.82, 2.24) is 4.90 Å². The van der Waals surface area contributed by atoms with E-state index in [0.717, 1.165) is 19.4 Å². The average Bonchev–Trinajstić information content (AvgIpc) is 3.23. The van der Waals surface area contributed by atoms with E-state index in [1.54, 1.807) is 14.2 Å². The lowest BCUT2D eigenvalue weighted by Crippen LogP contribution is -2.47. The molecule has 0 aromatic heterocycles. The largest absolute Gasteiger partial charge is 0.381 e. The Bertz CT molecular complexity index is 446. The standard InChI is InChI=1S/C21H39NO3/c1-8-15(4)16(5)18(24-6)11-19(23)22-13-21(9-10-21)12-17(22)20(25-7)14(2)3/h14-18,20H,8-13H2,1-7H3. The SMILES string of the molecule is CCC(C)C(C)C(CC(=O)N1CC2(CC2)CC1C(OC)C(C)C)OC. The molecule has 2 aliphatic rings. The van der Waals surface area contributed by atoms with Crippen molar-refractivity contribution in [3.63, 3.8) is 0 Å². The lowest BCUT2D eigenvalue weighted by Gasteiger charge is -2.35. The lowest BCUT2D eigenvalue weighted by molar-refractivity contribution is -0.139. The molecule has 1 saturated carbocycles. The summed E-state index contributed by atoms with van der Waals surface area (Å²) in [7, 11) is 3.53. The highest BCUT2D eigenvalue weighted by Gasteiger charge is 2.55. The molecule has 1 heterocycles. The van der Waals surface area contributed by atoms with E-state index < -0.39 is 0 Å². The molecule has 4 nitrogen and oxygen atoms in total. The van der Waals surface area contributed by atoms with Gasteiger partial charge in [0.2, 0.25) is 5.91 Å². The quantitative estimate of drug-likeness (QED) is 0.626. The van der Waals surface area contributed by atoms with Crippen LogP contribution in [0.5, 0.6) is 0 Å². The van der Waals surface area contributed by atoms with Crippen LogP contribution in [0.1, 0.15) is 66.7 Å². The van der Waals surface area contributed by atoms with E-state index in [1.807, 2.05) is 0 Å². The van der Waals surface area contributed by atoms with E-state index in [2.05, 4.69) is 39.5 Å². The summed E-state index contributed by atoms with van der Waals surface area (Å²) in [6.45, 7) is 12.0. The summed E-state index contributed by atoms with van der Waals surface area (Å²) in [4.78, 5) is 15.3. The van der Waals surface area contributed by atoms with Gasteiger partial charge in [0.1, 0.15) is 0 Å². The van der Waals surface area contributed by atoms with Crippen LogP contribution in [-0.2, 0) is 14.3 Å². The van der Waals surface area contributed by atoms with Gasteiger partial charge in [0.05, 0.1) is 24.7 Å². The number of likely N-dealkylation sites (tertiary alicyclic amines) is 1. The van der Waals surface area contributed by atoms with Crippen molar-refractivity contribution < 1.29 is 14.3 Å². The summed E-state index contributed by atoms with van der Waals surface area (Å²) in [6.07, 6.45) is 5.36. The molecule has 5 unspecified atom stereocenters.